The predicted molar refractivity (Wildman–Crippen MR) is 85.9 cm³/mol. The molecule has 0 radical (unpaired) electrons. The molecule has 3 nitrogen and oxygen atoms in total. The number of carbonyl (C=O) groups is 1. The second-order valence-electron chi connectivity index (χ2n) is 5.44. The van der Waals surface area contributed by atoms with Gasteiger partial charge in [-0.25, -0.2) is 0 Å². The number of rotatable bonds is 7. The zero-order valence-electron chi connectivity index (χ0n) is 12.9. The fraction of sp³-hybridized carbons (Fsp3) is 0.529. The van der Waals surface area contributed by atoms with E-state index in [1.54, 1.807) is 12.1 Å². The number of hydrogen-bond donors (Lipinski definition) is 1. The third kappa shape index (κ3) is 4.47. The van der Waals surface area contributed by atoms with Crippen LogP contribution in [0.2, 0.25) is 5.02 Å². The van der Waals surface area contributed by atoms with Crippen molar-refractivity contribution in [2.45, 2.75) is 52.5 Å². The van der Waals surface area contributed by atoms with Crippen LogP contribution in [0.1, 0.15) is 58.1 Å². The number of nitriles is 1. The molecule has 0 bridgehead atoms. The lowest BCUT2D eigenvalue weighted by Gasteiger charge is -2.27. The van der Waals surface area contributed by atoms with Crippen molar-refractivity contribution in [3.63, 3.8) is 0 Å². The van der Waals surface area contributed by atoms with Gasteiger partial charge < -0.3 is 5.32 Å². The van der Waals surface area contributed by atoms with Crippen LogP contribution in [0.3, 0.4) is 0 Å². The lowest BCUT2D eigenvalue weighted by Crippen LogP contribution is -2.41. The first-order valence-corrected chi connectivity index (χ1v) is 7.84. The van der Waals surface area contributed by atoms with Crippen LogP contribution < -0.4 is 5.32 Å². The molecule has 0 saturated carbocycles. The molecular weight excluding hydrogens is 284 g/mol. The normalized spacial score (nSPS) is 12.5. The van der Waals surface area contributed by atoms with Crippen LogP contribution in [0.5, 0.6) is 0 Å². The average Bonchev–Trinajstić information content (AvgIpc) is 2.47. The number of halogens is 1. The molecular formula is C17H23ClN2O. The van der Waals surface area contributed by atoms with E-state index in [9.17, 15) is 10.1 Å². The summed E-state index contributed by atoms with van der Waals surface area (Å²) in [6.45, 7) is 5.91. The Morgan fingerprint density at radius 2 is 1.81 bits per heavy atom. The minimum atomic E-state index is -0.913. The van der Waals surface area contributed by atoms with E-state index in [0.29, 0.717) is 17.9 Å². The van der Waals surface area contributed by atoms with Gasteiger partial charge >= 0.3 is 0 Å². The maximum absolute atomic E-state index is 12.6. The first-order chi connectivity index (χ1) is 9.99. The molecule has 114 valence electrons. The van der Waals surface area contributed by atoms with Gasteiger partial charge in [0, 0.05) is 5.02 Å². The van der Waals surface area contributed by atoms with Crippen LogP contribution >= 0.6 is 11.6 Å². The van der Waals surface area contributed by atoms with Gasteiger partial charge in [0.15, 0.2) is 0 Å². The molecule has 1 rings (SSSR count). The first-order valence-electron chi connectivity index (χ1n) is 7.46. The monoisotopic (exact) mass is 306 g/mol. The van der Waals surface area contributed by atoms with Crippen molar-refractivity contribution >= 4 is 17.5 Å². The summed E-state index contributed by atoms with van der Waals surface area (Å²) < 4.78 is 0. The standard InChI is InChI=1S/C17H23ClN2O/c1-4-10-17(12-19,11-5-2)16(21)20-13(3)14-6-8-15(18)9-7-14/h6-9,13H,4-5,10-11H2,1-3H3,(H,20,21). The van der Waals surface area contributed by atoms with Crippen molar-refractivity contribution in [2.75, 3.05) is 0 Å². The maximum atomic E-state index is 12.6. The number of hydrogen-bond acceptors (Lipinski definition) is 2. The summed E-state index contributed by atoms with van der Waals surface area (Å²) in [5.41, 5.74) is 0.0667. The molecule has 0 saturated heterocycles. The summed E-state index contributed by atoms with van der Waals surface area (Å²) in [4.78, 5) is 12.6. The van der Waals surface area contributed by atoms with E-state index < -0.39 is 5.41 Å². The van der Waals surface area contributed by atoms with Crippen molar-refractivity contribution in [3.8, 4) is 6.07 Å². The van der Waals surface area contributed by atoms with E-state index >= 15 is 0 Å². The molecule has 0 heterocycles. The zero-order chi connectivity index (χ0) is 15.9. The maximum Gasteiger partial charge on any atom is 0.240 e. The lowest BCUT2D eigenvalue weighted by atomic mass is 9.79. The van der Waals surface area contributed by atoms with Crippen LogP contribution in [0, 0.1) is 16.7 Å². The van der Waals surface area contributed by atoms with Crippen LogP contribution in [0.4, 0.5) is 0 Å². The van der Waals surface area contributed by atoms with Crippen molar-refractivity contribution in [1.29, 1.82) is 5.26 Å². The Balaban J connectivity index is 2.86. The van der Waals surface area contributed by atoms with Gasteiger partial charge in [-0.2, -0.15) is 5.26 Å². The summed E-state index contributed by atoms with van der Waals surface area (Å²) in [6, 6.07) is 9.49. The quantitative estimate of drug-likeness (QED) is 0.798. The minimum Gasteiger partial charge on any atom is -0.348 e. The second-order valence-corrected chi connectivity index (χ2v) is 5.88. The van der Waals surface area contributed by atoms with Gasteiger partial charge in [0.05, 0.1) is 12.1 Å². The molecule has 0 aliphatic carbocycles. The van der Waals surface area contributed by atoms with Crippen molar-refractivity contribution in [2.24, 2.45) is 5.41 Å². The Morgan fingerprint density at radius 3 is 2.24 bits per heavy atom. The molecule has 0 aliphatic rings. The molecule has 1 atom stereocenters. The molecule has 1 aromatic carbocycles. The first kappa shape index (κ1) is 17.5. The molecule has 0 spiro atoms. The Bertz CT molecular complexity index is 499. The van der Waals surface area contributed by atoms with Crippen molar-refractivity contribution in [1.82, 2.24) is 5.32 Å². The average molecular weight is 307 g/mol. The number of nitrogens with zero attached hydrogens (tertiary/aromatic N) is 1. The molecule has 1 N–H and O–H groups in total. The Hall–Kier alpha value is -1.53. The van der Waals surface area contributed by atoms with Gasteiger partial charge in [-0.1, -0.05) is 50.4 Å². The largest absolute Gasteiger partial charge is 0.348 e. The summed E-state index contributed by atoms with van der Waals surface area (Å²) in [6.07, 6.45) is 2.82. The van der Waals surface area contributed by atoms with E-state index in [-0.39, 0.29) is 11.9 Å². The van der Waals surface area contributed by atoms with Crippen LogP contribution in [0.25, 0.3) is 0 Å². The number of carbonyl (C=O) groups excluding carboxylic acids is 1. The fourth-order valence-corrected chi connectivity index (χ4v) is 2.66. The Morgan fingerprint density at radius 1 is 1.29 bits per heavy atom. The van der Waals surface area contributed by atoms with Crippen LogP contribution in [-0.2, 0) is 4.79 Å². The van der Waals surface area contributed by atoms with Crippen molar-refractivity contribution < 1.29 is 4.79 Å². The predicted octanol–water partition coefficient (Wildman–Crippen LogP) is 4.63. The summed E-state index contributed by atoms with van der Waals surface area (Å²) in [5, 5.41) is 13.1. The highest BCUT2D eigenvalue weighted by Crippen LogP contribution is 2.30. The van der Waals surface area contributed by atoms with E-state index in [0.717, 1.165) is 18.4 Å². The van der Waals surface area contributed by atoms with Gasteiger partial charge in [0.1, 0.15) is 5.41 Å². The molecule has 1 amide bonds. The zero-order valence-corrected chi connectivity index (χ0v) is 13.7. The third-order valence-corrected chi connectivity index (χ3v) is 3.97. The summed E-state index contributed by atoms with van der Waals surface area (Å²) in [7, 11) is 0. The lowest BCUT2D eigenvalue weighted by molar-refractivity contribution is -0.129. The molecule has 0 fully saturated rings. The van der Waals surface area contributed by atoms with Gasteiger partial charge in [-0.15, -0.1) is 0 Å². The fourth-order valence-electron chi connectivity index (χ4n) is 2.54. The van der Waals surface area contributed by atoms with E-state index in [2.05, 4.69) is 11.4 Å². The molecule has 1 aromatic rings. The van der Waals surface area contributed by atoms with Crippen molar-refractivity contribution in [3.05, 3.63) is 34.9 Å². The smallest absolute Gasteiger partial charge is 0.240 e. The highest BCUT2D eigenvalue weighted by Gasteiger charge is 2.37. The molecule has 4 heteroatoms. The topological polar surface area (TPSA) is 52.9 Å². The highest BCUT2D eigenvalue weighted by atomic mass is 35.5. The molecule has 1 unspecified atom stereocenters. The van der Waals surface area contributed by atoms with E-state index in [1.807, 2.05) is 32.9 Å². The van der Waals surface area contributed by atoms with E-state index in [4.69, 9.17) is 11.6 Å². The van der Waals surface area contributed by atoms with Crippen LogP contribution in [-0.4, -0.2) is 5.91 Å². The number of nitrogens with one attached hydrogen (secondary N) is 1. The van der Waals surface area contributed by atoms with Gasteiger partial charge in [0.25, 0.3) is 0 Å². The number of benzene rings is 1. The number of amides is 1. The molecule has 0 aliphatic heterocycles. The molecule has 0 aromatic heterocycles. The van der Waals surface area contributed by atoms with E-state index in [1.165, 1.54) is 0 Å². The Kier molecular flexibility index (Phi) is 6.71. The van der Waals surface area contributed by atoms with Gasteiger partial charge in [-0.3, -0.25) is 4.79 Å². The SMILES string of the molecule is CCCC(C#N)(CCC)C(=O)NC(C)c1ccc(Cl)cc1. The summed E-state index contributed by atoms with van der Waals surface area (Å²) in [5.74, 6) is -0.170. The second kappa shape index (κ2) is 8.05. The highest BCUT2D eigenvalue weighted by molar-refractivity contribution is 6.30. The summed E-state index contributed by atoms with van der Waals surface area (Å²) >= 11 is 5.87. The third-order valence-electron chi connectivity index (χ3n) is 3.72. The molecule has 21 heavy (non-hydrogen) atoms. The van der Waals surface area contributed by atoms with Gasteiger partial charge in [0.2, 0.25) is 5.91 Å². The Labute approximate surface area is 132 Å². The van der Waals surface area contributed by atoms with Crippen LogP contribution in [0.15, 0.2) is 24.3 Å². The minimum absolute atomic E-state index is 0.142. The van der Waals surface area contributed by atoms with Gasteiger partial charge in [-0.05, 0) is 37.5 Å².